The molecule has 0 fully saturated rings. The zero-order chi connectivity index (χ0) is 6.69. The molecule has 0 saturated carbocycles. The Balaban J connectivity index is 0.000000810. The van der Waals surface area contributed by atoms with Crippen LogP contribution in [0.1, 0.15) is 13.0 Å². The largest absolute Gasteiger partial charge is 0.384 e. The van der Waals surface area contributed by atoms with Crippen LogP contribution in [0, 0.1) is 0 Å². The average Bonchev–Trinajstić information content (AvgIpc) is 1.90. The molecule has 10 heavy (non-hydrogen) atoms. The van der Waals surface area contributed by atoms with Crippen LogP contribution < -0.4 is 11.5 Å². The molecule has 0 aromatic carbocycles. The van der Waals surface area contributed by atoms with E-state index in [1.165, 1.54) is 0 Å². The summed E-state index contributed by atoms with van der Waals surface area (Å²) in [6.07, 6.45) is 1.68. The van der Waals surface area contributed by atoms with E-state index in [1.54, 1.807) is 12.3 Å². The SMILES string of the molecule is C.NCc1ccc(N)nc1. The number of nitrogens with zero attached hydrogens (tertiary/aromatic N) is 1. The second-order valence-corrected chi connectivity index (χ2v) is 1.80. The molecule has 1 rings (SSSR count). The summed E-state index contributed by atoms with van der Waals surface area (Å²) in [4.78, 5) is 3.85. The van der Waals surface area contributed by atoms with Crippen LogP contribution in [0.2, 0.25) is 0 Å². The smallest absolute Gasteiger partial charge is 0.123 e. The van der Waals surface area contributed by atoms with Gasteiger partial charge in [-0.15, -0.1) is 0 Å². The van der Waals surface area contributed by atoms with Gasteiger partial charge in [-0.05, 0) is 11.6 Å². The lowest BCUT2D eigenvalue weighted by Crippen LogP contribution is -1.97. The molecule has 1 heterocycles. The van der Waals surface area contributed by atoms with Crippen LogP contribution in [0.5, 0.6) is 0 Å². The molecule has 0 aliphatic carbocycles. The lowest BCUT2D eigenvalue weighted by molar-refractivity contribution is 1.05. The molecule has 4 N–H and O–H groups in total. The first-order valence-electron chi connectivity index (χ1n) is 2.73. The van der Waals surface area contributed by atoms with Gasteiger partial charge in [-0.2, -0.15) is 0 Å². The molecule has 0 radical (unpaired) electrons. The van der Waals surface area contributed by atoms with Crippen molar-refractivity contribution in [3.05, 3.63) is 23.9 Å². The summed E-state index contributed by atoms with van der Waals surface area (Å²) in [5, 5.41) is 0. The Morgan fingerprint density at radius 2 is 2.10 bits per heavy atom. The van der Waals surface area contributed by atoms with Crippen molar-refractivity contribution >= 4 is 5.82 Å². The van der Waals surface area contributed by atoms with E-state index in [0.29, 0.717) is 12.4 Å². The zero-order valence-electron chi connectivity index (χ0n) is 5.04. The van der Waals surface area contributed by atoms with E-state index in [-0.39, 0.29) is 7.43 Å². The number of nitrogen functional groups attached to an aromatic ring is 1. The first-order valence-corrected chi connectivity index (χ1v) is 2.73. The van der Waals surface area contributed by atoms with Crippen molar-refractivity contribution in [3.8, 4) is 0 Å². The molecule has 3 heteroatoms. The lowest BCUT2D eigenvalue weighted by Gasteiger charge is -1.93. The third kappa shape index (κ3) is 2.03. The lowest BCUT2D eigenvalue weighted by atomic mass is 10.3. The minimum Gasteiger partial charge on any atom is -0.384 e. The number of nitrogens with two attached hydrogens (primary N) is 2. The molecule has 0 atom stereocenters. The van der Waals surface area contributed by atoms with Gasteiger partial charge in [0.2, 0.25) is 0 Å². The molecule has 0 saturated heterocycles. The van der Waals surface area contributed by atoms with Crippen molar-refractivity contribution in [1.29, 1.82) is 0 Å². The fourth-order valence-corrected chi connectivity index (χ4v) is 0.557. The highest BCUT2D eigenvalue weighted by Gasteiger charge is 1.86. The van der Waals surface area contributed by atoms with E-state index >= 15 is 0 Å². The number of hydrogen-bond acceptors (Lipinski definition) is 3. The van der Waals surface area contributed by atoms with Crippen LogP contribution in [0.25, 0.3) is 0 Å². The summed E-state index contributed by atoms with van der Waals surface area (Å²) in [7, 11) is 0. The summed E-state index contributed by atoms with van der Waals surface area (Å²) in [6.45, 7) is 0.521. The minimum absolute atomic E-state index is 0. The van der Waals surface area contributed by atoms with E-state index in [9.17, 15) is 0 Å². The maximum Gasteiger partial charge on any atom is 0.123 e. The summed E-state index contributed by atoms with van der Waals surface area (Å²) < 4.78 is 0. The Bertz CT molecular complexity index is 181. The van der Waals surface area contributed by atoms with Crippen molar-refractivity contribution in [2.45, 2.75) is 14.0 Å². The van der Waals surface area contributed by atoms with Gasteiger partial charge in [0.1, 0.15) is 5.82 Å². The van der Waals surface area contributed by atoms with Crippen LogP contribution in [-0.4, -0.2) is 4.98 Å². The maximum atomic E-state index is 5.33. The second kappa shape index (κ2) is 3.85. The van der Waals surface area contributed by atoms with Crippen LogP contribution in [0.3, 0.4) is 0 Å². The molecule has 0 unspecified atom stereocenters. The van der Waals surface area contributed by atoms with Crippen molar-refractivity contribution in [1.82, 2.24) is 4.98 Å². The van der Waals surface area contributed by atoms with Gasteiger partial charge < -0.3 is 11.5 Å². The number of hydrogen-bond donors (Lipinski definition) is 2. The maximum absolute atomic E-state index is 5.33. The molecular weight excluding hydrogens is 126 g/mol. The molecule has 0 spiro atoms. The monoisotopic (exact) mass is 139 g/mol. The summed E-state index contributed by atoms with van der Waals surface area (Å²) in [6, 6.07) is 3.60. The number of pyridine rings is 1. The van der Waals surface area contributed by atoms with Crippen LogP contribution in [0.15, 0.2) is 18.3 Å². The number of anilines is 1. The van der Waals surface area contributed by atoms with Crippen molar-refractivity contribution in [3.63, 3.8) is 0 Å². The summed E-state index contributed by atoms with van der Waals surface area (Å²) in [5.74, 6) is 0.534. The normalized spacial score (nSPS) is 8.50. The summed E-state index contributed by atoms with van der Waals surface area (Å²) >= 11 is 0. The highest BCUT2D eigenvalue weighted by atomic mass is 14.8. The standard InChI is InChI=1S/C6H9N3.CH4/c7-3-5-1-2-6(8)9-4-5;/h1-2,4H,3,7H2,(H2,8,9);1H4. The molecule has 0 aliphatic rings. The van der Waals surface area contributed by atoms with Crippen molar-refractivity contribution in [2.75, 3.05) is 5.73 Å². The second-order valence-electron chi connectivity index (χ2n) is 1.80. The molecular formula is C7H13N3. The third-order valence-electron chi connectivity index (χ3n) is 1.08. The fraction of sp³-hybridized carbons (Fsp3) is 0.286. The Morgan fingerprint density at radius 1 is 1.40 bits per heavy atom. The average molecular weight is 139 g/mol. The molecule has 1 aromatic rings. The van der Waals surface area contributed by atoms with E-state index in [2.05, 4.69) is 4.98 Å². The van der Waals surface area contributed by atoms with Gasteiger partial charge in [-0.3, -0.25) is 0 Å². The van der Waals surface area contributed by atoms with E-state index in [1.807, 2.05) is 6.07 Å². The number of rotatable bonds is 1. The van der Waals surface area contributed by atoms with Crippen molar-refractivity contribution in [2.24, 2.45) is 5.73 Å². The van der Waals surface area contributed by atoms with Crippen LogP contribution in [-0.2, 0) is 6.54 Å². The first-order chi connectivity index (χ1) is 4.33. The summed E-state index contributed by atoms with van der Waals surface area (Å²) in [5.41, 5.74) is 11.7. The third-order valence-corrected chi connectivity index (χ3v) is 1.08. The Labute approximate surface area is 61.1 Å². The topological polar surface area (TPSA) is 64.9 Å². The van der Waals surface area contributed by atoms with Gasteiger partial charge in [0, 0.05) is 12.7 Å². The molecule has 1 aromatic heterocycles. The molecule has 0 amide bonds. The van der Waals surface area contributed by atoms with E-state index in [0.717, 1.165) is 5.56 Å². The van der Waals surface area contributed by atoms with Crippen LogP contribution >= 0.6 is 0 Å². The quantitative estimate of drug-likeness (QED) is 0.603. The van der Waals surface area contributed by atoms with Gasteiger partial charge in [0.25, 0.3) is 0 Å². The van der Waals surface area contributed by atoms with Gasteiger partial charge in [0.05, 0.1) is 0 Å². The molecule has 56 valence electrons. The Hall–Kier alpha value is -1.09. The molecule has 0 aliphatic heterocycles. The first kappa shape index (κ1) is 8.91. The van der Waals surface area contributed by atoms with Gasteiger partial charge in [-0.25, -0.2) is 4.98 Å². The van der Waals surface area contributed by atoms with Gasteiger partial charge in [-0.1, -0.05) is 13.5 Å². The number of aromatic nitrogens is 1. The molecule has 0 bridgehead atoms. The predicted molar refractivity (Wildman–Crippen MR) is 43.3 cm³/mol. The Kier molecular flexibility index (Phi) is 3.43. The Morgan fingerprint density at radius 3 is 2.50 bits per heavy atom. The minimum atomic E-state index is 0. The predicted octanol–water partition coefficient (Wildman–Crippen LogP) is 0.759. The fourth-order valence-electron chi connectivity index (χ4n) is 0.557. The van der Waals surface area contributed by atoms with E-state index in [4.69, 9.17) is 11.5 Å². The van der Waals surface area contributed by atoms with Gasteiger partial charge in [0.15, 0.2) is 0 Å². The van der Waals surface area contributed by atoms with E-state index < -0.39 is 0 Å². The van der Waals surface area contributed by atoms with Crippen LogP contribution in [0.4, 0.5) is 5.82 Å². The van der Waals surface area contributed by atoms with Gasteiger partial charge >= 0.3 is 0 Å². The van der Waals surface area contributed by atoms with Crippen molar-refractivity contribution < 1.29 is 0 Å². The molecule has 3 nitrogen and oxygen atoms in total. The zero-order valence-corrected chi connectivity index (χ0v) is 5.04. The highest BCUT2D eigenvalue weighted by Crippen LogP contribution is 1.98. The highest BCUT2D eigenvalue weighted by molar-refractivity contribution is 5.28.